The Bertz CT molecular complexity index is 697. The van der Waals surface area contributed by atoms with Gasteiger partial charge in [0.25, 0.3) is 0 Å². The molecule has 1 unspecified atom stereocenters. The molecular formula is C18H21NO3. The summed E-state index contributed by atoms with van der Waals surface area (Å²) in [4.78, 5) is 0. The minimum absolute atomic E-state index is 0.226. The summed E-state index contributed by atoms with van der Waals surface area (Å²) in [5.41, 5.74) is 4.04. The molecule has 0 saturated heterocycles. The summed E-state index contributed by atoms with van der Waals surface area (Å²) < 4.78 is 5.18. The summed E-state index contributed by atoms with van der Waals surface area (Å²) in [6.45, 7) is 3.39. The fourth-order valence-corrected chi connectivity index (χ4v) is 3.09. The molecule has 1 heterocycles. The van der Waals surface area contributed by atoms with Crippen molar-refractivity contribution in [3.8, 4) is 17.2 Å². The second kappa shape index (κ2) is 5.89. The van der Waals surface area contributed by atoms with E-state index in [9.17, 15) is 10.2 Å². The minimum Gasteiger partial charge on any atom is -0.508 e. The number of rotatable bonds is 3. The van der Waals surface area contributed by atoms with E-state index in [-0.39, 0.29) is 11.7 Å². The van der Waals surface area contributed by atoms with Gasteiger partial charge >= 0.3 is 0 Å². The first kappa shape index (κ1) is 14.7. The van der Waals surface area contributed by atoms with Crippen molar-refractivity contribution in [3.05, 3.63) is 52.6 Å². The molecule has 0 radical (unpaired) electrons. The Labute approximate surface area is 130 Å². The molecule has 4 nitrogen and oxygen atoms in total. The molecule has 1 aliphatic heterocycles. The summed E-state index contributed by atoms with van der Waals surface area (Å²) >= 11 is 0. The van der Waals surface area contributed by atoms with Crippen LogP contribution in [0.15, 0.2) is 30.3 Å². The van der Waals surface area contributed by atoms with Crippen LogP contribution in [-0.2, 0) is 13.0 Å². The van der Waals surface area contributed by atoms with E-state index in [1.807, 2.05) is 37.3 Å². The maximum absolute atomic E-state index is 10.3. The van der Waals surface area contributed by atoms with Gasteiger partial charge in [0, 0.05) is 24.6 Å². The number of aromatic hydroxyl groups is 2. The van der Waals surface area contributed by atoms with Crippen LogP contribution in [0.2, 0.25) is 0 Å². The second-order valence-corrected chi connectivity index (χ2v) is 5.84. The Hall–Kier alpha value is -2.20. The highest BCUT2D eigenvalue weighted by Gasteiger charge is 2.24. The van der Waals surface area contributed by atoms with Gasteiger partial charge in [0.1, 0.15) is 5.75 Å². The van der Waals surface area contributed by atoms with Gasteiger partial charge in [-0.2, -0.15) is 0 Å². The number of ether oxygens (including phenoxy) is 1. The number of phenolic OH excluding ortho intramolecular Hbond substituents is 2. The normalized spacial score (nSPS) is 17.1. The Kier molecular flexibility index (Phi) is 3.94. The number of hydrogen-bond donors (Lipinski definition) is 3. The van der Waals surface area contributed by atoms with Crippen molar-refractivity contribution in [1.29, 1.82) is 0 Å². The molecule has 0 aromatic heterocycles. The van der Waals surface area contributed by atoms with Gasteiger partial charge < -0.3 is 20.3 Å². The van der Waals surface area contributed by atoms with Gasteiger partial charge in [-0.15, -0.1) is 0 Å². The van der Waals surface area contributed by atoms with E-state index in [1.165, 1.54) is 0 Å². The van der Waals surface area contributed by atoms with Crippen molar-refractivity contribution in [2.75, 3.05) is 13.7 Å². The highest BCUT2D eigenvalue weighted by molar-refractivity contribution is 5.52. The molecule has 3 rings (SSSR count). The van der Waals surface area contributed by atoms with E-state index in [0.29, 0.717) is 18.0 Å². The number of phenols is 2. The molecule has 2 aromatic rings. The number of nitrogens with one attached hydrogen (secondary N) is 1. The smallest absolute Gasteiger partial charge is 0.162 e. The van der Waals surface area contributed by atoms with E-state index in [2.05, 4.69) is 5.32 Å². The van der Waals surface area contributed by atoms with Crippen molar-refractivity contribution in [1.82, 2.24) is 5.32 Å². The zero-order valence-electron chi connectivity index (χ0n) is 12.9. The number of hydrogen-bond acceptors (Lipinski definition) is 4. The first-order valence-electron chi connectivity index (χ1n) is 7.48. The molecule has 116 valence electrons. The van der Waals surface area contributed by atoms with Gasteiger partial charge in [0.15, 0.2) is 11.5 Å². The number of benzene rings is 2. The van der Waals surface area contributed by atoms with Gasteiger partial charge in [0.2, 0.25) is 0 Å². The molecule has 1 aliphatic rings. The standard InChI is InChI=1S/C18H21NO3/c1-11-3-4-12(8-16(11)20)7-13-9-19-10-15-14(13)5-6-17(22-2)18(15)21/h3-6,8,13,19-21H,7,9-10H2,1-2H3. The van der Waals surface area contributed by atoms with Crippen LogP contribution in [0.4, 0.5) is 0 Å². The van der Waals surface area contributed by atoms with Crippen molar-refractivity contribution in [2.45, 2.75) is 25.8 Å². The highest BCUT2D eigenvalue weighted by atomic mass is 16.5. The third kappa shape index (κ3) is 2.62. The fraction of sp³-hybridized carbons (Fsp3) is 0.333. The predicted octanol–water partition coefficient (Wildman–Crippen LogP) is 2.84. The van der Waals surface area contributed by atoms with Crippen LogP contribution in [0, 0.1) is 6.92 Å². The topological polar surface area (TPSA) is 61.7 Å². The van der Waals surface area contributed by atoms with Crippen molar-refractivity contribution < 1.29 is 14.9 Å². The first-order chi connectivity index (χ1) is 10.6. The maximum Gasteiger partial charge on any atom is 0.162 e. The number of fused-ring (bicyclic) bond motifs is 1. The Morgan fingerprint density at radius 3 is 2.77 bits per heavy atom. The molecule has 0 bridgehead atoms. The van der Waals surface area contributed by atoms with Crippen LogP contribution < -0.4 is 10.1 Å². The Balaban J connectivity index is 1.91. The van der Waals surface area contributed by atoms with Crippen LogP contribution in [0.3, 0.4) is 0 Å². The number of aryl methyl sites for hydroxylation is 1. The Morgan fingerprint density at radius 2 is 2.05 bits per heavy atom. The minimum atomic E-state index is 0.226. The molecule has 22 heavy (non-hydrogen) atoms. The average molecular weight is 299 g/mol. The van der Waals surface area contributed by atoms with Crippen LogP contribution in [0.5, 0.6) is 17.2 Å². The maximum atomic E-state index is 10.3. The van der Waals surface area contributed by atoms with Crippen LogP contribution in [0.25, 0.3) is 0 Å². The number of methoxy groups -OCH3 is 1. The molecule has 0 fully saturated rings. The molecule has 0 spiro atoms. The molecule has 2 aromatic carbocycles. The van der Waals surface area contributed by atoms with Gasteiger partial charge in [0.05, 0.1) is 7.11 Å². The lowest BCUT2D eigenvalue weighted by atomic mass is 9.85. The van der Waals surface area contributed by atoms with Gasteiger partial charge in [-0.3, -0.25) is 0 Å². The molecular weight excluding hydrogens is 278 g/mol. The SMILES string of the molecule is COc1ccc2c(c1O)CNCC2Cc1ccc(C)c(O)c1. The zero-order chi connectivity index (χ0) is 15.7. The lowest BCUT2D eigenvalue weighted by Crippen LogP contribution is -2.29. The van der Waals surface area contributed by atoms with E-state index in [0.717, 1.165) is 35.2 Å². The van der Waals surface area contributed by atoms with Crippen LogP contribution >= 0.6 is 0 Å². The molecule has 3 N–H and O–H groups in total. The van der Waals surface area contributed by atoms with Crippen LogP contribution in [0.1, 0.15) is 28.2 Å². The van der Waals surface area contributed by atoms with Gasteiger partial charge in [-0.05, 0) is 42.2 Å². The lowest BCUT2D eigenvalue weighted by Gasteiger charge is -2.28. The largest absolute Gasteiger partial charge is 0.508 e. The molecule has 0 aliphatic carbocycles. The second-order valence-electron chi connectivity index (χ2n) is 5.84. The van der Waals surface area contributed by atoms with Crippen molar-refractivity contribution in [3.63, 3.8) is 0 Å². The fourth-order valence-electron chi connectivity index (χ4n) is 3.09. The average Bonchev–Trinajstić information content (AvgIpc) is 2.52. The summed E-state index contributed by atoms with van der Waals surface area (Å²) in [7, 11) is 1.56. The van der Waals surface area contributed by atoms with Gasteiger partial charge in [-0.25, -0.2) is 0 Å². The van der Waals surface area contributed by atoms with E-state index < -0.39 is 0 Å². The molecule has 4 heteroatoms. The lowest BCUT2D eigenvalue weighted by molar-refractivity contribution is 0.365. The summed E-state index contributed by atoms with van der Waals surface area (Å²) in [6, 6.07) is 9.67. The molecule has 0 saturated carbocycles. The first-order valence-corrected chi connectivity index (χ1v) is 7.48. The molecule has 1 atom stereocenters. The third-order valence-corrected chi connectivity index (χ3v) is 4.39. The summed E-state index contributed by atoms with van der Waals surface area (Å²) in [5, 5.41) is 23.5. The quantitative estimate of drug-likeness (QED) is 0.815. The van der Waals surface area contributed by atoms with Crippen LogP contribution in [-0.4, -0.2) is 23.9 Å². The van der Waals surface area contributed by atoms with E-state index >= 15 is 0 Å². The monoisotopic (exact) mass is 299 g/mol. The van der Waals surface area contributed by atoms with Gasteiger partial charge in [-0.1, -0.05) is 18.2 Å². The predicted molar refractivity (Wildman–Crippen MR) is 85.7 cm³/mol. The molecule has 0 amide bonds. The third-order valence-electron chi connectivity index (χ3n) is 4.39. The zero-order valence-corrected chi connectivity index (χ0v) is 12.9. The van der Waals surface area contributed by atoms with E-state index in [4.69, 9.17) is 4.74 Å². The van der Waals surface area contributed by atoms with Crippen molar-refractivity contribution >= 4 is 0 Å². The summed E-state index contributed by atoms with van der Waals surface area (Å²) in [6.07, 6.45) is 0.819. The summed E-state index contributed by atoms with van der Waals surface area (Å²) in [5.74, 6) is 1.33. The van der Waals surface area contributed by atoms with Crippen molar-refractivity contribution in [2.24, 2.45) is 0 Å². The van der Waals surface area contributed by atoms with E-state index in [1.54, 1.807) is 7.11 Å². The highest BCUT2D eigenvalue weighted by Crippen LogP contribution is 2.38. The Morgan fingerprint density at radius 1 is 1.23 bits per heavy atom.